The van der Waals surface area contributed by atoms with Gasteiger partial charge in [0.1, 0.15) is 6.61 Å². The molecule has 4 aromatic rings. The van der Waals surface area contributed by atoms with Crippen LogP contribution in [0.3, 0.4) is 0 Å². The van der Waals surface area contributed by atoms with E-state index in [1.807, 2.05) is 30.3 Å². The summed E-state index contributed by atoms with van der Waals surface area (Å²) in [5.74, 6) is 0.793. The number of carbonyl (C=O) groups is 1. The average Bonchev–Trinajstić information content (AvgIpc) is 3.34. The molecule has 0 N–H and O–H groups in total. The Kier molecular flexibility index (Phi) is 4.25. The van der Waals surface area contributed by atoms with Crippen molar-refractivity contribution >= 4 is 38.6 Å². The Balaban J connectivity index is 1.30. The number of hydrogen-bond acceptors (Lipinski definition) is 7. The number of aromatic nitrogens is 2. The van der Waals surface area contributed by atoms with E-state index in [0.717, 1.165) is 15.8 Å². The molecule has 7 nitrogen and oxygen atoms in total. The van der Waals surface area contributed by atoms with Crippen LogP contribution in [0.15, 0.2) is 59.4 Å². The van der Waals surface area contributed by atoms with Gasteiger partial charge in [0.25, 0.3) is 5.56 Å². The van der Waals surface area contributed by atoms with Crippen molar-refractivity contribution in [2.75, 3.05) is 6.79 Å². The summed E-state index contributed by atoms with van der Waals surface area (Å²) in [4.78, 5) is 29.5. The van der Waals surface area contributed by atoms with E-state index < -0.39 is 5.97 Å². The molecule has 144 valence electrons. The Bertz CT molecular complexity index is 1340. The number of nitrogens with zero attached hydrogens (tertiary/aromatic N) is 2. The number of benzene rings is 2. The SMILES string of the molecule is O=C(C=Cc1ccc2c(c1)OCO2)OCc1cc(=O)n2c(n1)sc1ccccc12. The monoisotopic (exact) mass is 406 g/mol. The van der Waals surface area contributed by atoms with Gasteiger partial charge in [0.05, 0.1) is 15.9 Å². The van der Waals surface area contributed by atoms with Gasteiger partial charge in [-0.05, 0) is 35.9 Å². The van der Waals surface area contributed by atoms with Crippen LogP contribution in [-0.4, -0.2) is 22.1 Å². The van der Waals surface area contributed by atoms with Crippen molar-refractivity contribution in [1.29, 1.82) is 0 Å². The van der Waals surface area contributed by atoms with E-state index in [9.17, 15) is 9.59 Å². The minimum absolute atomic E-state index is 0.0791. The van der Waals surface area contributed by atoms with Crippen LogP contribution in [0.1, 0.15) is 11.3 Å². The Hall–Kier alpha value is -3.65. The molecule has 0 radical (unpaired) electrons. The van der Waals surface area contributed by atoms with Crippen LogP contribution in [0.25, 0.3) is 21.3 Å². The van der Waals surface area contributed by atoms with Crippen LogP contribution in [0.5, 0.6) is 11.5 Å². The highest BCUT2D eigenvalue weighted by atomic mass is 32.1. The second-order valence-corrected chi connectivity index (χ2v) is 7.34. The van der Waals surface area contributed by atoms with Crippen LogP contribution in [0.4, 0.5) is 0 Å². The summed E-state index contributed by atoms with van der Waals surface area (Å²) in [6.45, 7) is 0.117. The fourth-order valence-corrected chi connectivity index (χ4v) is 4.12. The van der Waals surface area contributed by atoms with Crippen molar-refractivity contribution in [3.63, 3.8) is 0 Å². The first-order valence-corrected chi connectivity index (χ1v) is 9.64. The van der Waals surface area contributed by atoms with Crippen LogP contribution >= 0.6 is 11.3 Å². The zero-order valence-corrected chi connectivity index (χ0v) is 15.8. The van der Waals surface area contributed by atoms with Crippen molar-refractivity contribution in [1.82, 2.24) is 9.38 Å². The minimum Gasteiger partial charge on any atom is -0.456 e. The van der Waals surface area contributed by atoms with Gasteiger partial charge in [-0.15, -0.1) is 0 Å². The van der Waals surface area contributed by atoms with E-state index in [1.54, 1.807) is 22.6 Å². The van der Waals surface area contributed by atoms with E-state index in [0.29, 0.717) is 22.2 Å². The second kappa shape index (κ2) is 7.06. The molecule has 29 heavy (non-hydrogen) atoms. The lowest BCUT2D eigenvalue weighted by Crippen LogP contribution is -2.14. The molecule has 0 bridgehead atoms. The third kappa shape index (κ3) is 3.34. The Morgan fingerprint density at radius 2 is 2.03 bits per heavy atom. The summed E-state index contributed by atoms with van der Waals surface area (Å²) >= 11 is 1.42. The summed E-state index contributed by atoms with van der Waals surface area (Å²) in [5.41, 5.74) is 1.82. The van der Waals surface area contributed by atoms with Gasteiger partial charge >= 0.3 is 5.97 Å². The van der Waals surface area contributed by atoms with Gasteiger partial charge in [-0.3, -0.25) is 9.20 Å². The van der Waals surface area contributed by atoms with Crippen LogP contribution in [0.2, 0.25) is 0 Å². The van der Waals surface area contributed by atoms with Crippen molar-refractivity contribution in [2.24, 2.45) is 0 Å². The highest BCUT2D eigenvalue weighted by Gasteiger charge is 2.13. The maximum absolute atomic E-state index is 12.5. The minimum atomic E-state index is -0.527. The standard InChI is InChI=1S/C21H14N2O5S/c24-19-10-14(22-21-23(19)15-3-1-2-4-18(15)29-21)11-26-20(25)8-6-13-5-7-16-17(9-13)28-12-27-16/h1-10H,11-12H2. The Morgan fingerprint density at radius 3 is 2.97 bits per heavy atom. The molecule has 0 unspecified atom stereocenters. The smallest absolute Gasteiger partial charge is 0.331 e. The Morgan fingerprint density at radius 1 is 1.17 bits per heavy atom. The molecule has 0 saturated heterocycles. The first-order chi connectivity index (χ1) is 14.2. The predicted molar refractivity (Wildman–Crippen MR) is 108 cm³/mol. The normalized spacial score (nSPS) is 12.8. The number of thiazole rings is 1. The lowest BCUT2D eigenvalue weighted by atomic mass is 10.2. The quantitative estimate of drug-likeness (QED) is 0.382. The zero-order valence-electron chi connectivity index (χ0n) is 15.0. The molecule has 2 aromatic carbocycles. The summed E-state index contributed by atoms with van der Waals surface area (Å²) in [5, 5.41) is 0. The molecule has 1 aliphatic heterocycles. The average molecular weight is 406 g/mol. The third-order valence-corrected chi connectivity index (χ3v) is 5.44. The number of carbonyl (C=O) groups excluding carboxylic acids is 1. The van der Waals surface area contributed by atoms with Gasteiger partial charge in [-0.2, -0.15) is 0 Å². The van der Waals surface area contributed by atoms with Crippen molar-refractivity contribution in [2.45, 2.75) is 6.61 Å². The van der Waals surface area contributed by atoms with Crippen LogP contribution < -0.4 is 15.0 Å². The molecular formula is C21H14N2O5S. The van der Waals surface area contributed by atoms with E-state index >= 15 is 0 Å². The number of ether oxygens (including phenoxy) is 3. The maximum Gasteiger partial charge on any atom is 0.331 e. The van der Waals surface area contributed by atoms with Gasteiger partial charge in [0, 0.05) is 12.1 Å². The van der Waals surface area contributed by atoms with Crippen molar-refractivity contribution in [3.8, 4) is 11.5 Å². The fourth-order valence-electron chi connectivity index (χ4n) is 3.07. The molecule has 0 spiro atoms. The summed E-state index contributed by atoms with van der Waals surface area (Å²) in [7, 11) is 0. The number of para-hydroxylation sites is 1. The molecule has 5 rings (SSSR count). The van der Waals surface area contributed by atoms with Gasteiger partial charge < -0.3 is 14.2 Å². The summed E-state index contributed by atoms with van der Waals surface area (Å²) in [6, 6.07) is 14.4. The topological polar surface area (TPSA) is 79.1 Å². The highest BCUT2D eigenvalue weighted by Crippen LogP contribution is 2.32. The van der Waals surface area contributed by atoms with E-state index in [-0.39, 0.29) is 19.0 Å². The van der Waals surface area contributed by atoms with E-state index in [4.69, 9.17) is 14.2 Å². The van der Waals surface area contributed by atoms with Gasteiger partial charge in [-0.25, -0.2) is 9.78 Å². The fraction of sp³-hybridized carbons (Fsp3) is 0.0952. The molecule has 0 fully saturated rings. The number of fused-ring (bicyclic) bond motifs is 4. The molecular weight excluding hydrogens is 392 g/mol. The van der Waals surface area contributed by atoms with Gasteiger partial charge in [-0.1, -0.05) is 29.5 Å². The molecule has 2 aromatic heterocycles. The Labute approximate surface area is 168 Å². The third-order valence-electron chi connectivity index (χ3n) is 4.42. The first kappa shape index (κ1) is 17.4. The molecule has 0 saturated carbocycles. The lowest BCUT2D eigenvalue weighted by molar-refractivity contribution is -0.139. The zero-order chi connectivity index (χ0) is 19.8. The van der Waals surface area contributed by atoms with Crippen molar-refractivity contribution < 1.29 is 19.0 Å². The summed E-state index contributed by atoms with van der Waals surface area (Å²) in [6.07, 6.45) is 2.95. The van der Waals surface area contributed by atoms with Crippen LogP contribution in [-0.2, 0) is 16.1 Å². The lowest BCUT2D eigenvalue weighted by Gasteiger charge is -2.02. The van der Waals surface area contributed by atoms with E-state index in [2.05, 4.69) is 4.98 Å². The summed E-state index contributed by atoms with van der Waals surface area (Å²) < 4.78 is 18.3. The molecule has 0 atom stereocenters. The molecule has 0 amide bonds. The molecule has 3 heterocycles. The maximum atomic E-state index is 12.5. The largest absolute Gasteiger partial charge is 0.456 e. The first-order valence-electron chi connectivity index (χ1n) is 8.82. The molecule has 8 heteroatoms. The van der Waals surface area contributed by atoms with Gasteiger partial charge in [0.2, 0.25) is 6.79 Å². The molecule has 1 aliphatic rings. The molecule has 0 aliphatic carbocycles. The number of rotatable bonds is 4. The van der Waals surface area contributed by atoms with Crippen LogP contribution in [0, 0.1) is 0 Å². The van der Waals surface area contributed by atoms with Gasteiger partial charge in [0.15, 0.2) is 16.5 Å². The predicted octanol–water partition coefficient (Wildman–Crippen LogP) is 3.39. The highest BCUT2D eigenvalue weighted by molar-refractivity contribution is 7.23. The van der Waals surface area contributed by atoms with Crippen molar-refractivity contribution in [3.05, 3.63) is 76.2 Å². The van der Waals surface area contributed by atoms with E-state index in [1.165, 1.54) is 23.5 Å². The number of esters is 1. The second-order valence-electron chi connectivity index (χ2n) is 6.33. The number of hydrogen-bond donors (Lipinski definition) is 0.